The van der Waals surface area contributed by atoms with Crippen LogP contribution in [0.25, 0.3) is 0 Å². The fourth-order valence-electron chi connectivity index (χ4n) is 4.12. The van der Waals surface area contributed by atoms with Gasteiger partial charge in [0.15, 0.2) is 0 Å². The summed E-state index contributed by atoms with van der Waals surface area (Å²) in [4.78, 5) is 44.7. The van der Waals surface area contributed by atoms with Gasteiger partial charge in [0.1, 0.15) is 11.8 Å². The van der Waals surface area contributed by atoms with Crippen LogP contribution in [-0.4, -0.2) is 106 Å². The molecule has 3 N–H and O–H groups in total. The molecule has 0 aliphatic carbocycles. The zero-order chi connectivity index (χ0) is 23.1. The van der Waals surface area contributed by atoms with E-state index in [0.717, 1.165) is 0 Å². The van der Waals surface area contributed by atoms with Gasteiger partial charge in [0.05, 0.1) is 23.9 Å². The third kappa shape index (κ3) is 5.96. The first-order valence-corrected chi connectivity index (χ1v) is 10.1. The number of piperidine rings is 1. The molecule has 2 aliphatic heterocycles. The molecule has 172 valence electrons. The van der Waals surface area contributed by atoms with E-state index < -0.39 is 17.2 Å². The van der Waals surface area contributed by atoms with Crippen LogP contribution in [0, 0.1) is 0 Å². The number of likely N-dealkylation sites (N-methyl/N-ethyl adjacent to an activating group) is 1. The van der Waals surface area contributed by atoms with Crippen molar-refractivity contribution in [3.05, 3.63) is 24.3 Å². The second-order valence-electron chi connectivity index (χ2n) is 8.26. The van der Waals surface area contributed by atoms with Gasteiger partial charge in [0.25, 0.3) is 12.4 Å². The largest absolute Gasteiger partial charge is 0.483 e. The molecule has 3 heterocycles. The average molecular weight is 437 g/mol. The van der Waals surface area contributed by atoms with Crippen molar-refractivity contribution >= 4 is 18.3 Å². The number of carbonyl (C=O) groups excluding carboxylic acids is 2. The molecular formula is C20H31N5O6. The number of nitrogens with one attached hydrogen (secondary N) is 1. The van der Waals surface area contributed by atoms with Gasteiger partial charge in [-0.1, -0.05) is 0 Å². The van der Waals surface area contributed by atoms with Crippen molar-refractivity contribution in [3.63, 3.8) is 0 Å². The SMILES string of the molecule is CN(C)CC(=O)N[C@@]1(C)CCOC2(CCN(C(=O)c3cnccn3)CC2)[C@@H]1O.O=CO. The van der Waals surface area contributed by atoms with E-state index in [1.54, 1.807) is 9.80 Å². The molecule has 1 aromatic rings. The van der Waals surface area contributed by atoms with Crippen LogP contribution in [0.15, 0.2) is 18.6 Å². The summed E-state index contributed by atoms with van der Waals surface area (Å²) in [6.07, 6.45) is 5.16. The molecular weight excluding hydrogens is 406 g/mol. The highest BCUT2D eigenvalue weighted by Gasteiger charge is 2.54. The van der Waals surface area contributed by atoms with E-state index in [2.05, 4.69) is 15.3 Å². The third-order valence-electron chi connectivity index (χ3n) is 5.68. The van der Waals surface area contributed by atoms with Gasteiger partial charge in [-0.2, -0.15) is 0 Å². The number of hydrogen-bond acceptors (Lipinski definition) is 8. The van der Waals surface area contributed by atoms with Gasteiger partial charge in [-0.15, -0.1) is 0 Å². The minimum absolute atomic E-state index is 0.126. The van der Waals surface area contributed by atoms with E-state index in [9.17, 15) is 14.7 Å². The molecule has 0 saturated carbocycles. The average Bonchev–Trinajstić information content (AvgIpc) is 2.73. The summed E-state index contributed by atoms with van der Waals surface area (Å²) >= 11 is 0. The van der Waals surface area contributed by atoms with Gasteiger partial charge >= 0.3 is 0 Å². The molecule has 2 atom stereocenters. The summed E-state index contributed by atoms with van der Waals surface area (Å²) in [7, 11) is 3.65. The van der Waals surface area contributed by atoms with Gasteiger partial charge in [-0.3, -0.25) is 19.4 Å². The number of carbonyl (C=O) groups is 3. The van der Waals surface area contributed by atoms with Crippen LogP contribution in [0.2, 0.25) is 0 Å². The monoisotopic (exact) mass is 437 g/mol. The lowest BCUT2D eigenvalue weighted by atomic mass is 9.73. The van der Waals surface area contributed by atoms with Gasteiger partial charge in [0, 0.05) is 32.1 Å². The van der Waals surface area contributed by atoms with Crippen molar-refractivity contribution in [2.75, 3.05) is 40.3 Å². The lowest BCUT2D eigenvalue weighted by molar-refractivity contribution is -0.205. The van der Waals surface area contributed by atoms with Crippen molar-refractivity contribution in [2.24, 2.45) is 0 Å². The quantitative estimate of drug-likeness (QED) is 0.524. The molecule has 11 heteroatoms. The lowest BCUT2D eigenvalue weighted by Gasteiger charge is -2.53. The Bertz CT molecular complexity index is 754. The van der Waals surface area contributed by atoms with Crippen molar-refractivity contribution in [3.8, 4) is 0 Å². The third-order valence-corrected chi connectivity index (χ3v) is 5.68. The first kappa shape index (κ1) is 24.6. The molecule has 11 nitrogen and oxygen atoms in total. The maximum Gasteiger partial charge on any atom is 0.290 e. The van der Waals surface area contributed by atoms with E-state index in [1.165, 1.54) is 18.6 Å². The number of aliphatic hydroxyl groups excluding tert-OH is 1. The van der Waals surface area contributed by atoms with Gasteiger partial charge in [0.2, 0.25) is 5.91 Å². The fraction of sp³-hybridized carbons (Fsp3) is 0.650. The Hall–Kier alpha value is -2.63. The molecule has 0 bridgehead atoms. The number of likely N-dealkylation sites (tertiary alicyclic amines) is 1. The lowest BCUT2D eigenvalue weighted by Crippen LogP contribution is -2.69. The summed E-state index contributed by atoms with van der Waals surface area (Å²) in [5.74, 6) is -0.297. The fourth-order valence-corrected chi connectivity index (χ4v) is 4.12. The molecule has 2 amide bonds. The van der Waals surface area contributed by atoms with E-state index in [4.69, 9.17) is 14.6 Å². The molecule has 2 aliphatic rings. The Morgan fingerprint density at radius 1 is 1.32 bits per heavy atom. The number of aromatic nitrogens is 2. The maximum atomic E-state index is 12.6. The van der Waals surface area contributed by atoms with Crippen LogP contribution in [0.3, 0.4) is 0 Å². The number of amides is 2. The maximum absolute atomic E-state index is 12.6. The number of carboxylic acid groups (broad SMARTS) is 1. The molecule has 2 saturated heterocycles. The molecule has 3 rings (SSSR count). The van der Waals surface area contributed by atoms with Crippen LogP contribution in [-0.2, 0) is 14.3 Å². The molecule has 2 fully saturated rings. The number of hydrogen-bond donors (Lipinski definition) is 3. The summed E-state index contributed by atoms with van der Waals surface area (Å²) in [5.41, 5.74) is -1.22. The Labute approximate surface area is 181 Å². The van der Waals surface area contributed by atoms with E-state index in [-0.39, 0.29) is 24.8 Å². The van der Waals surface area contributed by atoms with Crippen LogP contribution in [0.5, 0.6) is 0 Å². The number of nitrogens with zero attached hydrogens (tertiary/aromatic N) is 4. The standard InChI is InChI=1S/C19H29N5O4.CH2O2/c1-18(22-15(25)13-23(2)3)6-11-28-19(17(18)27)4-9-24(10-5-19)16(26)14-12-20-7-8-21-14;2-1-3/h7-8,12,17,27H,4-6,9-11,13H2,1-3H3,(H,22,25);1H,(H,2,3)/t17-,18+;/m1./s1. The molecule has 0 aromatic carbocycles. The predicted molar refractivity (Wildman–Crippen MR) is 110 cm³/mol. The van der Waals surface area contributed by atoms with E-state index >= 15 is 0 Å². The molecule has 0 radical (unpaired) electrons. The second-order valence-corrected chi connectivity index (χ2v) is 8.26. The summed E-state index contributed by atoms with van der Waals surface area (Å²) < 4.78 is 6.03. The van der Waals surface area contributed by atoms with Crippen molar-refractivity contribution in [1.82, 2.24) is 25.1 Å². The summed E-state index contributed by atoms with van der Waals surface area (Å²) in [6.45, 7) is 3.24. The summed E-state index contributed by atoms with van der Waals surface area (Å²) in [5, 5.41) is 21.0. The highest BCUT2D eigenvalue weighted by Crippen LogP contribution is 2.40. The first-order valence-electron chi connectivity index (χ1n) is 10.1. The normalized spacial score (nSPS) is 24.8. The Morgan fingerprint density at radius 2 is 1.97 bits per heavy atom. The van der Waals surface area contributed by atoms with Crippen LogP contribution in [0.1, 0.15) is 36.7 Å². The minimum Gasteiger partial charge on any atom is -0.483 e. The number of aliphatic hydroxyl groups is 1. The highest BCUT2D eigenvalue weighted by molar-refractivity contribution is 5.92. The number of rotatable bonds is 4. The van der Waals surface area contributed by atoms with Crippen LogP contribution < -0.4 is 5.32 Å². The zero-order valence-corrected chi connectivity index (χ0v) is 18.2. The van der Waals surface area contributed by atoms with Crippen molar-refractivity contribution < 1.29 is 29.3 Å². The first-order chi connectivity index (χ1) is 14.7. The topological polar surface area (TPSA) is 145 Å². The number of ether oxygens (including phenoxy) is 1. The molecule has 0 unspecified atom stereocenters. The Kier molecular flexibility index (Phi) is 8.43. The van der Waals surface area contributed by atoms with Gasteiger partial charge in [-0.25, -0.2) is 4.98 Å². The second kappa shape index (κ2) is 10.6. The van der Waals surface area contributed by atoms with Gasteiger partial charge in [-0.05, 0) is 40.3 Å². The van der Waals surface area contributed by atoms with Crippen LogP contribution >= 0.6 is 0 Å². The van der Waals surface area contributed by atoms with Crippen molar-refractivity contribution in [2.45, 2.75) is 43.4 Å². The molecule has 1 aromatic heterocycles. The predicted octanol–water partition coefficient (Wildman–Crippen LogP) is -0.630. The van der Waals surface area contributed by atoms with Crippen molar-refractivity contribution in [1.29, 1.82) is 0 Å². The Morgan fingerprint density at radius 3 is 2.52 bits per heavy atom. The Balaban J connectivity index is 0.00000107. The molecule has 1 spiro atoms. The molecule has 31 heavy (non-hydrogen) atoms. The van der Waals surface area contributed by atoms with Gasteiger partial charge < -0.3 is 30.1 Å². The smallest absolute Gasteiger partial charge is 0.290 e. The minimum atomic E-state index is -0.853. The van der Waals surface area contributed by atoms with E-state index in [0.29, 0.717) is 44.7 Å². The van der Waals surface area contributed by atoms with Crippen LogP contribution in [0.4, 0.5) is 0 Å². The van der Waals surface area contributed by atoms with E-state index in [1.807, 2.05) is 21.0 Å². The summed E-state index contributed by atoms with van der Waals surface area (Å²) in [6, 6.07) is 0. The zero-order valence-electron chi connectivity index (χ0n) is 18.2. The highest BCUT2D eigenvalue weighted by atomic mass is 16.5.